The molecule has 0 aromatic heterocycles. The Morgan fingerprint density at radius 2 is 2.29 bits per heavy atom. The van der Waals surface area contributed by atoms with E-state index in [0.29, 0.717) is 12.3 Å². The molecular formula is C12H14Br2N2O. The first-order valence-electron chi connectivity index (χ1n) is 5.61. The summed E-state index contributed by atoms with van der Waals surface area (Å²) in [5.41, 5.74) is 0.815. The highest BCUT2D eigenvalue weighted by Gasteiger charge is 2.18. The van der Waals surface area contributed by atoms with Crippen LogP contribution in [0.5, 0.6) is 0 Å². The lowest BCUT2D eigenvalue weighted by molar-refractivity contribution is -0.116. The minimum absolute atomic E-state index is 0.0810. The van der Waals surface area contributed by atoms with Gasteiger partial charge in [-0.05, 0) is 59.6 Å². The number of rotatable bonds is 3. The van der Waals surface area contributed by atoms with Gasteiger partial charge in [-0.1, -0.05) is 15.9 Å². The molecule has 0 saturated carbocycles. The summed E-state index contributed by atoms with van der Waals surface area (Å²) < 4.78 is 1.86. The standard InChI is InChI=1S/C12H14Br2N2O/c13-9-1-2-10(14)11(6-9)16-12(17)5-8-3-4-15-7-8/h1-2,6,8,15H,3-5,7H2,(H,16,17). The quantitative estimate of drug-likeness (QED) is 0.868. The van der Waals surface area contributed by atoms with Crippen molar-refractivity contribution in [2.24, 2.45) is 5.92 Å². The number of nitrogens with one attached hydrogen (secondary N) is 2. The third kappa shape index (κ3) is 3.79. The summed E-state index contributed by atoms with van der Waals surface area (Å²) in [4.78, 5) is 11.9. The molecule has 1 atom stereocenters. The smallest absolute Gasteiger partial charge is 0.224 e. The molecule has 0 aliphatic carbocycles. The number of hydrogen-bond acceptors (Lipinski definition) is 2. The average molecular weight is 362 g/mol. The summed E-state index contributed by atoms with van der Waals surface area (Å²) in [6, 6.07) is 5.74. The van der Waals surface area contributed by atoms with Gasteiger partial charge in [0.05, 0.1) is 5.69 Å². The lowest BCUT2D eigenvalue weighted by Crippen LogP contribution is -2.18. The van der Waals surface area contributed by atoms with Gasteiger partial charge >= 0.3 is 0 Å². The molecule has 1 heterocycles. The fourth-order valence-corrected chi connectivity index (χ4v) is 2.65. The van der Waals surface area contributed by atoms with Crippen molar-refractivity contribution in [1.82, 2.24) is 5.32 Å². The summed E-state index contributed by atoms with van der Waals surface area (Å²) in [6.45, 7) is 1.98. The topological polar surface area (TPSA) is 41.1 Å². The Morgan fingerprint density at radius 1 is 1.47 bits per heavy atom. The van der Waals surface area contributed by atoms with E-state index in [0.717, 1.165) is 34.1 Å². The highest BCUT2D eigenvalue weighted by atomic mass is 79.9. The number of hydrogen-bond donors (Lipinski definition) is 2. The molecule has 0 radical (unpaired) electrons. The van der Waals surface area contributed by atoms with E-state index in [2.05, 4.69) is 42.5 Å². The molecule has 1 aliphatic heterocycles. The van der Waals surface area contributed by atoms with Gasteiger partial charge in [0.1, 0.15) is 0 Å². The van der Waals surface area contributed by atoms with Crippen LogP contribution < -0.4 is 10.6 Å². The Bertz CT molecular complexity index is 417. The van der Waals surface area contributed by atoms with Crippen LogP contribution in [0, 0.1) is 5.92 Å². The van der Waals surface area contributed by atoms with Crippen molar-refractivity contribution >= 4 is 43.5 Å². The fourth-order valence-electron chi connectivity index (χ4n) is 1.95. The summed E-state index contributed by atoms with van der Waals surface area (Å²) in [7, 11) is 0. The first kappa shape index (κ1) is 13.1. The second-order valence-electron chi connectivity index (χ2n) is 4.24. The van der Waals surface area contributed by atoms with Crippen LogP contribution >= 0.6 is 31.9 Å². The number of anilines is 1. The largest absolute Gasteiger partial charge is 0.325 e. The Labute approximate surface area is 118 Å². The molecule has 5 heteroatoms. The SMILES string of the molecule is O=C(CC1CCNC1)Nc1cc(Br)ccc1Br. The maximum absolute atomic E-state index is 11.9. The second-order valence-corrected chi connectivity index (χ2v) is 6.01. The van der Waals surface area contributed by atoms with Crippen molar-refractivity contribution < 1.29 is 4.79 Å². The minimum atomic E-state index is 0.0810. The molecule has 92 valence electrons. The minimum Gasteiger partial charge on any atom is -0.325 e. The van der Waals surface area contributed by atoms with Crippen LogP contribution in [0.2, 0.25) is 0 Å². The number of amides is 1. The zero-order valence-corrected chi connectivity index (χ0v) is 12.5. The van der Waals surface area contributed by atoms with Crippen LogP contribution in [0.15, 0.2) is 27.1 Å². The van der Waals surface area contributed by atoms with Crippen molar-refractivity contribution in [2.45, 2.75) is 12.8 Å². The molecule has 0 spiro atoms. The second kappa shape index (κ2) is 5.98. The van der Waals surface area contributed by atoms with Crippen LogP contribution in [-0.4, -0.2) is 19.0 Å². The molecule has 1 amide bonds. The Kier molecular flexibility index (Phi) is 4.59. The van der Waals surface area contributed by atoms with Gasteiger partial charge in [0.2, 0.25) is 5.91 Å². The van der Waals surface area contributed by atoms with E-state index in [1.54, 1.807) is 0 Å². The zero-order chi connectivity index (χ0) is 12.3. The van der Waals surface area contributed by atoms with Crippen molar-refractivity contribution in [3.05, 3.63) is 27.1 Å². The summed E-state index contributed by atoms with van der Waals surface area (Å²) in [5, 5.41) is 6.20. The van der Waals surface area contributed by atoms with E-state index in [-0.39, 0.29) is 5.91 Å². The lowest BCUT2D eigenvalue weighted by atomic mass is 10.0. The number of halogens is 2. The molecular weight excluding hydrogens is 348 g/mol. The van der Waals surface area contributed by atoms with E-state index in [1.165, 1.54) is 0 Å². The van der Waals surface area contributed by atoms with Gasteiger partial charge in [0.15, 0.2) is 0 Å². The predicted molar refractivity (Wildman–Crippen MR) is 76.1 cm³/mol. The van der Waals surface area contributed by atoms with Gasteiger partial charge in [-0.15, -0.1) is 0 Å². The van der Waals surface area contributed by atoms with Crippen LogP contribution in [0.1, 0.15) is 12.8 Å². The normalized spacial score (nSPS) is 19.3. The molecule has 3 nitrogen and oxygen atoms in total. The zero-order valence-electron chi connectivity index (χ0n) is 9.30. The fraction of sp³-hybridized carbons (Fsp3) is 0.417. The Morgan fingerprint density at radius 3 is 3.00 bits per heavy atom. The van der Waals surface area contributed by atoms with E-state index >= 15 is 0 Å². The van der Waals surface area contributed by atoms with Crippen LogP contribution in [0.3, 0.4) is 0 Å². The molecule has 0 bridgehead atoms. The number of carbonyl (C=O) groups is 1. The van der Waals surface area contributed by atoms with Crippen molar-refractivity contribution in [3.63, 3.8) is 0 Å². The van der Waals surface area contributed by atoms with Gasteiger partial charge < -0.3 is 10.6 Å². The van der Waals surface area contributed by atoms with Gasteiger partial charge in [-0.3, -0.25) is 4.79 Å². The van der Waals surface area contributed by atoms with Crippen LogP contribution in [0.25, 0.3) is 0 Å². The summed E-state index contributed by atoms with van der Waals surface area (Å²) in [6.07, 6.45) is 1.68. The first-order chi connectivity index (χ1) is 8.15. The van der Waals surface area contributed by atoms with Crippen LogP contribution in [0.4, 0.5) is 5.69 Å². The van der Waals surface area contributed by atoms with Crippen LogP contribution in [-0.2, 0) is 4.79 Å². The van der Waals surface area contributed by atoms with E-state index in [1.807, 2.05) is 18.2 Å². The Hall–Kier alpha value is -0.390. The molecule has 1 fully saturated rings. The van der Waals surface area contributed by atoms with Gasteiger partial charge in [-0.2, -0.15) is 0 Å². The third-order valence-corrected chi connectivity index (χ3v) is 4.02. The molecule has 1 saturated heterocycles. The van der Waals surface area contributed by atoms with E-state index in [9.17, 15) is 4.79 Å². The van der Waals surface area contributed by atoms with Crippen molar-refractivity contribution in [2.75, 3.05) is 18.4 Å². The van der Waals surface area contributed by atoms with Gasteiger partial charge in [0, 0.05) is 15.4 Å². The highest BCUT2D eigenvalue weighted by Crippen LogP contribution is 2.26. The lowest BCUT2D eigenvalue weighted by Gasteiger charge is -2.10. The molecule has 1 aromatic carbocycles. The highest BCUT2D eigenvalue weighted by molar-refractivity contribution is 9.11. The number of benzene rings is 1. The molecule has 1 aliphatic rings. The maximum Gasteiger partial charge on any atom is 0.224 e. The van der Waals surface area contributed by atoms with Crippen molar-refractivity contribution in [1.29, 1.82) is 0 Å². The number of carbonyl (C=O) groups excluding carboxylic acids is 1. The third-order valence-electron chi connectivity index (χ3n) is 2.84. The molecule has 1 unspecified atom stereocenters. The molecule has 2 N–H and O–H groups in total. The molecule has 17 heavy (non-hydrogen) atoms. The molecule has 1 aromatic rings. The monoisotopic (exact) mass is 360 g/mol. The van der Waals surface area contributed by atoms with Crippen molar-refractivity contribution in [3.8, 4) is 0 Å². The summed E-state index contributed by atoms with van der Waals surface area (Å²) in [5.74, 6) is 0.554. The van der Waals surface area contributed by atoms with Gasteiger partial charge in [-0.25, -0.2) is 0 Å². The van der Waals surface area contributed by atoms with E-state index < -0.39 is 0 Å². The Balaban J connectivity index is 1.95. The average Bonchev–Trinajstić information content (AvgIpc) is 2.76. The molecule has 2 rings (SSSR count). The van der Waals surface area contributed by atoms with Gasteiger partial charge in [0.25, 0.3) is 0 Å². The van der Waals surface area contributed by atoms with E-state index in [4.69, 9.17) is 0 Å². The predicted octanol–water partition coefficient (Wildman–Crippen LogP) is 3.15. The first-order valence-corrected chi connectivity index (χ1v) is 7.19. The summed E-state index contributed by atoms with van der Waals surface area (Å²) >= 11 is 6.82. The maximum atomic E-state index is 11.9.